The lowest BCUT2D eigenvalue weighted by Crippen LogP contribution is -2.47. The van der Waals surface area contributed by atoms with Crippen LogP contribution in [0.1, 0.15) is 40.2 Å². The first-order valence-corrected chi connectivity index (χ1v) is 9.64. The highest BCUT2D eigenvalue weighted by atomic mass is 19.1. The first-order valence-electron chi connectivity index (χ1n) is 9.64. The van der Waals surface area contributed by atoms with Gasteiger partial charge >= 0.3 is 0 Å². The summed E-state index contributed by atoms with van der Waals surface area (Å²) < 4.78 is 14.6. The lowest BCUT2D eigenvalue weighted by Gasteiger charge is -2.35. The number of aliphatic imine (C=N–C) groups is 1. The van der Waals surface area contributed by atoms with Gasteiger partial charge in [0.15, 0.2) is 5.96 Å². The Morgan fingerprint density at radius 3 is 2.38 bits per heavy atom. The zero-order valence-corrected chi connectivity index (χ0v) is 16.9. The van der Waals surface area contributed by atoms with Crippen LogP contribution in [-0.2, 0) is 6.54 Å². The molecular weight excluding hydrogens is 329 g/mol. The number of nitrogens with zero attached hydrogens (tertiary/aromatic N) is 3. The molecule has 6 heteroatoms. The van der Waals surface area contributed by atoms with E-state index in [9.17, 15) is 4.39 Å². The van der Waals surface area contributed by atoms with Crippen LogP contribution in [0, 0.1) is 5.82 Å². The standard InChI is InChI=1S/C20H34FN5/c1-6-22-19(24-20(3,4)5)23-15-16-8-9-18(17(21)14-16)26-12-10-25(7-2)11-13-26/h8-9,14H,6-7,10-13,15H2,1-5H3,(H2,22,23,24). The third-order valence-corrected chi connectivity index (χ3v) is 4.43. The maximum Gasteiger partial charge on any atom is 0.191 e. The molecule has 1 fully saturated rings. The van der Waals surface area contributed by atoms with E-state index in [2.05, 4.69) is 53.1 Å². The Morgan fingerprint density at radius 1 is 1.15 bits per heavy atom. The molecule has 0 radical (unpaired) electrons. The number of hydrogen-bond acceptors (Lipinski definition) is 3. The van der Waals surface area contributed by atoms with Crippen LogP contribution in [-0.4, -0.2) is 55.7 Å². The highest BCUT2D eigenvalue weighted by Gasteiger charge is 2.18. The van der Waals surface area contributed by atoms with E-state index in [4.69, 9.17) is 0 Å². The Hall–Kier alpha value is -1.82. The van der Waals surface area contributed by atoms with E-state index in [0.717, 1.165) is 50.8 Å². The van der Waals surface area contributed by atoms with Gasteiger partial charge in [-0.25, -0.2) is 9.38 Å². The summed E-state index contributed by atoms with van der Waals surface area (Å²) in [6, 6.07) is 5.49. The van der Waals surface area contributed by atoms with Crippen molar-refractivity contribution in [1.82, 2.24) is 15.5 Å². The van der Waals surface area contributed by atoms with Crippen LogP contribution in [0.25, 0.3) is 0 Å². The molecule has 5 nitrogen and oxygen atoms in total. The van der Waals surface area contributed by atoms with Crippen molar-refractivity contribution < 1.29 is 4.39 Å². The largest absolute Gasteiger partial charge is 0.367 e. The predicted octanol–water partition coefficient (Wildman–Crippen LogP) is 2.82. The third kappa shape index (κ3) is 6.16. The number of guanidine groups is 1. The van der Waals surface area contributed by atoms with Gasteiger partial charge < -0.3 is 20.4 Å². The van der Waals surface area contributed by atoms with E-state index in [1.807, 2.05) is 19.1 Å². The molecule has 1 aromatic carbocycles. The van der Waals surface area contributed by atoms with Crippen molar-refractivity contribution in [2.75, 3.05) is 44.2 Å². The van der Waals surface area contributed by atoms with Gasteiger partial charge in [0, 0.05) is 38.3 Å². The summed E-state index contributed by atoms with van der Waals surface area (Å²) in [5.74, 6) is 0.594. The number of nitrogens with one attached hydrogen (secondary N) is 2. The van der Waals surface area contributed by atoms with Crippen LogP contribution in [0.4, 0.5) is 10.1 Å². The van der Waals surface area contributed by atoms with Gasteiger partial charge in [-0.3, -0.25) is 0 Å². The van der Waals surface area contributed by atoms with Gasteiger partial charge in [0.05, 0.1) is 12.2 Å². The third-order valence-electron chi connectivity index (χ3n) is 4.43. The highest BCUT2D eigenvalue weighted by molar-refractivity contribution is 5.80. The molecule has 1 aliphatic rings. The summed E-state index contributed by atoms with van der Waals surface area (Å²) >= 11 is 0. The fourth-order valence-electron chi connectivity index (χ4n) is 3.04. The smallest absolute Gasteiger partial charge is 0.191 e. The van der Waals surface area contributed by atoms with Crippen molar-refractivity contribution in [3.05, 3.63) is 29.6 Å². The van der Waals surface area contributed by atoms with Gasteiger partial charge in [0.25, 0.3) is 0 Å². The van der Waals surface area contributed by atoms with Gasteiger partial charge in [-0.15, -0.1) is 0 Å². The molecule has 0 atom stereocenters. The second-order valence-corrected chi connectivity index (χ2v) is 7.78. The second kappa shape index (κ2) is 9.21. The number of hydrogen-bond donors (Lipinski definition) is 2. The Balaban J connectivity index is 2.03. The van der Waals surface area contributed by atoms with Crippen LogP contribution >= 0.6 is 0 Å². The van der Waals surface area contributed by atoms with Crippen LogP contribution < -0.4 is 15.5 Å². The number of anilines is 1. The van der Waals surface area contributed by atoms with Gasteiger partial charge in [0.1, 0.15) is 5.82 Å². The van der Waals surface area contributed by atoms with E-state index in [-0.39, 0.29) is 11.4 Å². The SMILES string of the molecule is CCNC(=NCc1ccc(N2CCN(CC)CC2)c(F)c1)NC(C)(C)C. The van der Waals surface area contributed by atoms with Crippen molar-refractivity contribution in [1.29, 1.82) is 0 Å². The van der Waals surface area contributed by atoms with Crippen LogP contribution in [0.5, 0.6) is 0 Å². The Bertz CT molecular complexity index is 601. The summed E-state index contributed by atoms with van der Waals surface area (Å²) in [7, 11) is 0. The molecule has 1 aromatic rings. The molecule has 146 valence electrons. The van der Waals surface area contributed by atoms with E-state index >= 15 is 0 Å². The van der Waals surface area contributed by atoms with Crippen LogP contribution in [0.3, 0.4) is 0 Å². The van der Waals surface area contributed by atoms with Crippen LogP contribution in [0.15, 0.2) is 23.2 Å². The molecule has 0 saturated carbocycles. The van der Waals surface area contributed by atoms with Crippen molar-refractivity contribution in [2.24, 2.45) is 4.99 Å². The minimum absolute atomic E-state index is 0.0727. The first kappa shape index (κ1) is 20.5. The molecule has 2 N–H and O–H groups in total. The van der Waals surface area contributed by atoms with E-state index < -0.39 is 0 Å². The number of likely N-dealkylation sites (N-methyl/N-ethyl adjacent to an activating group) is 1. The normalized spacial score (nSPS) is 16.7. The molecule has 0 aliphatic carbocycles. The van der Waals surface area contributed by atoms with E-state index in [1.165, 1.54) is 0 Å². The van der Waals surface area contributed by atoms with Gasteiger partial charge in [-0.1, -0.05) is 13.0 Å². The summed E-state index contributed by atoms with van der Waals surface area (Å²) in [5.41, 5.74) is 1.51. The molecular formula is C20H34FN5. The highest BCUT2D eigenvalue weighted by Crippen LogP contribution is 2.22. The summed E-state index contributed by atoms with van der Waals surface area (Å²) in [5, 5.41) is 6.58. The predicted molar refractivity (Wildman–Crippen MR) is 108 cm³/mol. The van der Waals surface area contributed by atoms with Gasteiger partial charge in [-0.2, -0.15) is 0 Å². The topological polar surface area (TPSA) is 42.9 Å². The van der Waals surface area contributed by atoms with E-state index in [0.29, 0.717) is 12.2 Å². The Morgan fingerprint density at radius 2 is 1.85 bits per heavy atom. The zero-order valence-electron chi connectivity index (χ0n) is 16.9. The fraction of sp³-hybridized carbons (Fsp3) is 0.650. The lowest BCUT2D eigenvalue weighted by atomic mass is 10.1. The summed E-state index contributed by atoms with van der Waals surface area (Å²) in [6.45, 7) is 16.5. The van der Waals surface area contributed by atoms with Crippen molar-refractivity contribution >= 4 is 11.6 Å². The molecule has 0 aromatic heterocycles. The maximum atomic E-state index is 14.6. The van der Waals surface area contributed by atoms with E-state index in [1.54, 1.807) is 6.07 Å². The number of halogens is 1. The number of rotatable bonds is 5. The monoisotopic (exact) mass is 363 g/mol. The Labute approximate surface area is 157 Å². The summed E-state index contributed by atoms with van der Waals surface area (Å²) in [6.07, 6.45) is 0. The average molecular weight is 364 g/mol. The number of piperazine rings is 1. The van der Waals surface area contributed by atoms with Gasteiger partial charge in [-0.05, 0) is 51.9 Å². The van der Waals surface area contributed by atoms with Crippen LogP contribution in [0.2, 0.25) is 0 Å². The fourth-order valence-corrected chi connectivity index (χ4v) is 3.04. The molecule has 0 unspecified atom stereocenters. The Kier molecular flexibility index (Phi) is 7.26. The molecule has 0 amide bonds. The quantitative estimate of drug-likeness (QED) is 0.624. The molecule has 1 saturated heterocycles. The number of benzene rings is 1. The summed E-state index contributed by atoms with van der Waals surface area (Å²) in [4.78, 5) is 9.11. The molecule has 1 aliphatic heterocycles. The zero-order chi connectivity index (χ0) is 19.2. The van der Waals surface area contributed by atoms with Crippen molar-refractivity contribution in [3.63, 3.8) is 0 Å². The molecule has 1 heterocycles. The maximum absolute atomic E-state index is 14.6. The molecule has 2 rings (SSSR count). The minimum Gasteiger partial charge on any atom is -0.367 e. The lowest BCUT2D eigenvalue weighted by molar-refractivity contribution is 0.270. The van der Waals surface area contributed by atoms with Crippen molar-refractivity contribution in [3.8, 4) is 0 Å². The van der Waals surface area contributed by atoms with Crippen molar-refractivity contribution in [2.45, 2.75) is 46.7 Å². The van der Waals surface area contributed by atoms with Gasteiger partial charge in [0.2, 0.25) is 0 Å². The molecule has 0 bridgehead atoms. The second-order valence-electron chi connectivity index (χ2n) is 7.78. The molecule has 26 heavy (non-hydrogen) atoms. The average Bonchev–Trinajstić information content (AvgIpc) is 2.59. The molecule has 0 spiro atoms. The minimum atomic E-state index is -0.156. The first-order chi connectivity index (χ1) is 12.3.